The number of aryl methyl sites for hydroxylation is 1. The molecule has 5 aliphatic rings. The minimum Gasteiger partial charge on any atom is -0.497 e. The lowest BCUT2D eigenvalue weighted by atomic mass is 9.32. The van der Waals surface area contributed by atoms with Crippen molar-refractivity contribution in [2.75, 3.05) is 13.7 Å². The van der Waals surface area contributed by atoms with Crippen molar-refractivity contribution in [1.82, 2.24) is 5.32 Å². The van der Waals surface area contributed by atoms with Crippen LogP contribution in [0.25, 0.3) is 0 Å². The molecule has 0 heterocycles. The van der Waals surface area contributed by atoms with Crippen LogP contribution >= 0.6 is 0 Å². The summed E-state index contributed by atoms with van der Waals surface area (Å²) in [7, 11) is 1.69. The minimum absolute atomic E-state index is 0.109. The van der Waals surface area contributed by atoms with E-state index in [1.807, 2.05) is 12.1 Å². The number of fused-ring (bicyclic) bond motifs is 7. The molecular formula is C43H65NO6. The Bertz CT molecular complexity index is 1450. The number of carbonyl (C=O) groups is 3. The molecule has 1 aromatic carbocycles. The van der Waals surface area contributed by atoms with Crippen molar-refractivity contribution in [3.8, 4) is 5.75 Å². The second-order valence-corrected chi connectivity index (χ2v) is 19.2. The third-order valence-electron chi connectivity index (χ3n) is 16.3. The molecule has 7 nitrogen and oxygen atoms in total. The highest BCUT2D eigenvalue weighted by molar-refractivity contribution is 5.83. The van der Waals surface area contributed by atoms with Gasteiger partial charge in [0.25, 0.3) is 0 Å². The Morgan fingerprint density at radius 1 is 0.840 bits per heavy atom. The third-order valence-corrected chi connectivity index (χ3v) is 16.3. The molecule has 0 aliphatic heterocycles. The zero-order valence-corrected chi connectivity index (χ0v) is 32.3. The number of amides is 1. The van der Waals surface area contributed by atoms with Crippen molar-refractivity contribution >= 4 is 17.8 Å². The number of nitrogens with one attached hydrogen (secondary N) is 1. The maximum Gasteiger partial charge on any atom is 0.309 e. The predicted octanol–water partition coefficient (Wildman–Crippen LogP) is 9.01. The van der Waals surface area contributed by atoms with E-state index in [1.165, 1.54) is 31.2 Å². The SMILES string of the molecule is COc1ccc(CCCNC(=O)C23CCCC2C2CCC4C5(C)CCC(OC(=O)CC(C)(C)C(=O)O)C(C)(C)C5CCC4(C)[C@]2(C)CC3)cc1. The van der Waals surface area contributed by atoms with E-state index in [0.29, 0.717) is 29.6 Å². The first-order chi connectivity index (χ1) is 23.4. The van der Waals surface area contributed by atoms with Gasteiger partial charge in [0.2, 0.25) is 5.91 Å². The van der Waals surface area contributed by atoms with Gasteiger partial charge in [0.15, 0.2) is 0 Å². The van der Waals surface area contributed by atoms with Crippen LogP contribution in [0.2, 0.25) is 0 Å². The van der Waals surface area contributed by atoms with Crippen LogP contribution in [0.1, 0.15) is 138 Å². The molecule has 8 unspecified atom stereocenters. The van der Waals surface area contributed by atoms with Gasteiger partial charge >= 0.3 is 11.9 Å². The average molecular weight is 692 g/mol. The van der Waals surface area contributed by atoms with Gasteiger partial charge in [-0.1, -0.05) is 53.2 Å². The summed E-state index contributed by atoms with van der Waals surface area (Å²) in [5.74, 6) is 1.90. The van der Waals surface area contributed by atoms with E-state index < -0.39 is 17.4 Å². The smallest absolute Gasteiger partial charge is 0.309 e. The van der Waals surface area contributed by atoms with Gasteiger partial charge in [0, 0.05) is 12.0 Å². The number of hydrogen-bond donors (Lipinski definition) is 2. The van der Waals surface area contributed by atoms with Crippen molar-refractivity contribution in [2.45, 2.75) is 144 Å². The lowest BCUT2D eigenvalue weighted by molar-refractivity contribution is -0.247. The fraction of sp³-hybridized carbons (Fsp3) is 0.791. The van der Waals surface area contributed by atoms with Crippen molar-refractivity contribution in [2.24, 2.45) is 56.2 Å². The molecule has 2 N–H and O–H groups in total. The largest absolute Gasteiger partial charge is 0.497 e. The highest BCUT2D eigenvalue weighted by Crippen LogP contribution is 2.77. The fourth-order valence-corrected chi connectivity index (χ4v) is 13.2. The van der Waals surface area contributed by atoms with Gasteiger partial charge < -0.3 is 19.9 Å². The number of hydrogen-bond acceptors (Lipinski definition) is 5. The number of benzene rings is 1. The zero-order valence-electron chi connectivity index (χ0n) is 32.3. The first-order valence-corrected chi connectivity index (χ1v) is 19.8. The Morgan fingerprint density at radius 2 is 1.56 bits per heavy atom. The summed E-state index contributed by atoms with van der Waals surface area (Å²) in [4.78, 5) is 38.9. The molecule has 0 aromatic heterocycles. The minimum atomic E-state index is -1.14. The molecule has 50 heavy (non-hydrogen) atoms. The Kier molecular flexibility index (Phi) is 9.77. The van der Waals surface area contributed by atoms with Crippen molar-refractivity contribution in [3.05, 3.63) is 29.8 Å². The molecule has 6 rings (SSSR count). The highest BCUT2D eigenvalue weighted by Gasteiger charge is 2.71. The van der Waals surface area contributed by atoms with E-state index in [2.05, 4.69) is 52.1 Å². The van der Waals surface area contributed by atoms with E-state index in [4.69, 9.17) is 9.47 Å². The Hall–Kier alpha value is -2.57. The van der Waals surface area contributed by atoms with Gasteiger partial charge in [0.05, 0.1) is 24.4 Å². The predicted molar refractivity (Wildman–Crippen MR) is 196 cm³/mol. The van der Waals surface area contributed by atoms with Crippen LogP contribution in [-0.2, 0) is 25.5 Å². The van der Waals surface area contributed by atoms with Crippen LogP contribution in [0.15, 0.2) is 24.3 Å². The number of ether oxygens (including phenoxy) is 2. The van der Waals surface area contributed by atoms with E-state index in [-0.39, 0.29) is 39.6 Å². The summed E-state index contributed by atoms with van der Waals surface area (Å²) < 4.78 is 11.5. The highest BCUT2D eigenvalue weighted by atomic mass is 16.5. The maximum atomic E-state index is 14.2. The molecule has 0 spiro atoms. The molecule has 5 aliphatic carbocycles. The molecule has 1 aromatic rings. The monoisotopic (exact) mass is 691 g/mol. The van der Waals surface area contributed by atoms with Crippen molar-refractivity contribution < 1.29 is 29.0 Å². The van der Waals surface area contributed by atoms with Crippen LogP contribution in [-0.4, -0.2) is 42.7 Å². The van der Waals surface area contributed by atoms with E-state index in [0.717, 1.165) is 70.1 Å². The molecule has 0 saturated heterocycles. The summed E-state index contributed by atoms with van der Waals surface area (Å²) >= 11 is 0. The fourth-order valence-electron chi connectivity index (χ4n) is 13.2. The topological polar surface area (TPSA) is 102 Å². The molecule has 278 valence electrons. The van der Waals surface area contributed by atoms with Crippen LogP contribution < -0.4 is 10.1 Å². The first kappa shape index (κ1) is 37.2. The number of aliphatic carboxylic acids is 1. The van der Waals surface area contributed by atoms with E-state index >= 15 is 0 Å². The molecule has 0 bridgehead atoms. The lowest BCUT2D eigenvalue weighted by Crippen LogP contribution is -2.67. The van der Waals surface area contributed by atoms with Crippen LogP contribution in [0.4, 0.5) is 0 Å². The van der Waals surface area contributed by atoms with Gasteiger partial charge in [-0.2, -0.15) is 0 Å². The Morgan fingerprint density at radius 3 is 2.24 bits per heavy atom. The summed E-state index contributed by atoms with van der Waals surface area (Å²) in [5, 5.41) is 13.0. The Labute approximate surface area is 301 Å². The van der Waals surface area contributed by atoms with Gasteiger partial charge in [-0.3, -0.25) is 14.4 Å². The standard InChI is InChI=1S/C43H65NO6/c1-38(2,37(47)48)27-35(45)50-34-20-22-40(5)32(39(34,3)4)19-23-42(7)33(40)18-17-30-31-12-9-21-43(31,25-24-41(30,42)6)36(46)44-26-10-11-28-13-15-29(49-8)16-14-28/h13-16,30-34H,9-12,17-27H2,1-8H3,(H,44,46)(H,47,48)/t30?,31?,32?,33?,34?,40?,41-,42?,43?/m1/s1. The number of carboxylic acids is 1. The summed E-state index contributed by atoms with van der Waals surface area (Å²) in [6.45, 7) is 16.3. The molecule has 5 fully saturated rings. The molecule has 7 heteroatoms. The number of methoxy groups -OCH3 is 1. The van der Waals surface area contributed by atoms with Crippen LogP contribution in [0, 0.1) is 56.2 Å². The normalized spacial score (nSPS) is 38.8. The third kappa shape index (κ3) is 5.89. The average Bonchev–Trinajstić information content (AvgIpc) is 3.50. The van der Waals surface area contributed by atoms with Crippen molar-refractivity contribution in [3.63, 3.8) is 0 Å². The molecular weight excluding hydrogens is 626 g/mol. The quantitative estimate of drug-likeness (QED) is 0.188. The van der Waals surface area contributed by atoms with Crippen LogP contribution in [0.3, 0.4) is 0 Å². The molecule has 1 amide bonds. The maximum absolute atomic E-state index is 14.2. The first-order valence-electron chi connectivity index (χ1n) is 19.8. The van der Waals surface area contributed by atoms with Crippen LogP contribution in [0.5, 0.6) is 5.75 Å². The zero-order chi connectivity index (χ0) is 36.3. The van der Waals surface area contributed by atoms with E-state index in [1.54, 1.807) is 21.0 Å². The lowest BCUT2D eigenvalue weighted by Gasteiger charge is -2.72. The number of esters is 1. The molecule has 5 saturated carbocycles. The van der Waals surface area contributed by atoms with Gasteiger partial charge in [0.1, 0.15) is 11.9 Å². The van der Waals surface area contributed by atoms with Crippen molar-refractivity contribution in [1.29, 1.82) is 0 Å². The number of rotatable bonds is 10. The Balaban J connectivity index is 1.13. The molecule has 9 atom stereocenters. The van der Waals surface area contributed by atoms with E-state index in [9.17, 15) is 19.5 Å². The summed E-state index contributed by atoms with van der Waals surface area (Å²) in [6, 6.07) is 8.25. The second kappa shape index (κ2) is 13.1. The summed E-state index contributed by atoms with van der Waals surface area (Å²) in [6.07, 6.45) is 13.7. The number of carboxylic acid groups (broad SMARTS) is 1. The van der Waals surface area contributed by atoms with Gasteiger partial charge in [-0.15, -0.1) is 0 Å². The number of carbonyl (C=O) groups excluding carboxylic acids is 2. The van der Waals surface area contributed by atoms with Gasteiger partial charge in [-0.05, 0) is 149 Å². The summed E-state index contributed by atoms with van der Waals surface area (Å²) in [5.41, 5.74) is 0.292. The second-order valence-electron chi connectivity index (χ2n) is 19.2. The van der Waals surface area contributed by atoms with Gasteiger partial charge in [-0.25, -0.2) is 0 Å². The molecule has 0 radical (unpaired) electrons.